The summed E-state index contributed by atoms with van der Waals surface area (Å²) in [6.07, 6.45) is -2.22. The molecule has 2 aromatic carbocycles. The highest BCUT2D eigenvalue weighted by molar-refractivity contribution is 5.95. The highest BCUT2D eigenvalue weighted by atomic mass is 19.1. The Labute approximate surface area is 149 Å². The van der Waals surface area contributed by atoms with Gasteiger partial charge in [0, 0.05) is 0 Å². The molecule has 0 saturated heterocycles. The molecular formula is C19H19F2NO4. The Kier molecular flexibility index (Phi) is 6.27. The monoisotopic (exact) mass is 363 g/mol. The van der Waals surface area contributed by atoms with Gasteiger partial charge >= 0.3 is 5.97 Å². The molecule has 0 radical (unpaired) electrons. The van der Waals surface area contributed by atoms with Crippen LogP contribution in [0.3, 0.4) is 0 Å². The van der Waals surface area contributed by atoms with Gasteiger partial charge in [-0.1, -0.05) is 18.2 Å². The summed E-state index contributed by atoms with van der Waals surface area (Å²) < 4.78 is 37.6. The van der Waals surface area contributed by atoms with E-state index in [1.54, 1.807) is 18.2 Å². The number of esters is 1. The van der Waals surface area contributed by atoms with Crippen molar-refractivity contribution in [2.45, 2.75) is 33.0 Å². The molecule has 2 rings (SSSR count). The fourth-order valence-corrected chi connectivity index (χ4v) is 2.11. The molecule has 2 aromatic rings. The molecule has 0 unspecified atom stereocenters. The molecule has 26 heavy (non-hydrogen) atoms. The molecule has 0 aliphatic rings. The molecule has 2 atom stereocenters. The Bertz CT molecular complexity index is 790. The maximum Gasteiger partial charge on any atom is 0.347 e. The molecule has 0 aromatic heterocycles. The van der Waals surface area contributed by atoms with Crippen LogP contribution >= 0.6 is 0 Å². The van der Waals surface area contributed by atoms with Gasteiger partial charge in [-0.15, -0.1) is 0 Å². The lowest BCUT2D eigenvalue weighted by atomic mass is 10.2. The number of rotatable bonds is 6. The minimum atomic E-state index is -1.26. The van der Waals surface area contributed by atoms with Gasteiger partial charge in [0.25, 0.3) is 5.91 Å². The van der Waals surface area contributed by atoms with Crippen molar-refractivity contribution in [1.82, 2.24) is 0 Å². The van der Waals surface area contributed by atoms with E-state index in [9.17, 15) is 18.4 Å². The number of hydrogen-bond acceptors (Lipinski definition) is 4. The zero-order chi connectivity index (χ0) is 19.3. The summed E-state index contributed by atoms with van der Waals surface area (Å²) >= 11 is 0. The van der Waals surface area contributed by atoms with Crippen LogP contribution in [0.1, 0.15) is 19.4 Å². The van der Waals surface area contributed by atoms with Gasteiger partial charge in [0.2, 0.25) is 0 Å². The molecule has 138 valence electrons. The summed E-state index contributed by atoms with van der Waals surface area (Å²) in [4.78, 5) is 24.1. The number of nitrogens with one attached hydrogen (secondary N) is 1. The average molecular weight is 363 g/mol. The molecule has 5 nitrogen and oxygen atoms in total. The van der Waals surface area contributed by atoms with Gasteiger partial charge in [-0.25, -0.2) is 13.6 Å². The van der Waals surface area contributed by atoms with Crippen molar-refractivity contribution in [3.63, 3.8) is 0 Å². The highest BCUT2D eigenvalue weighted by Crippen LogP contribution is 2.19. The zero-order valence-electron chi connectivity index (χ0n) is 14.6. The molecule has 1 N–H and O–H groups in total. The van der Waals surface area contributed by atoms with E-state index in [0.717, 1.165) is 17.7 Å². The summed E-state index contributed by atoms with van der Waals surface area (Å²) in [5.41, 5.74) is 0.368. The number of amides is 1. The van der Waals surface area contributed by atoms with E-state index in [1.165, 1.54) is 19.9 Å². The van der Waals surface area contributed by atoms with Gasteiger partial charge in [0.15, 0.2) is 12.2 Å². The fraction of sp³-hybridized carbons (Fsp3) is 0.263. The van der Waals surface area contributed by atoms with E-state index in [4.69, 9.17) is 9.47 Å². The molecule has 1 amide bonds. The largest absolute Gasteiger partial charge is 0.479 e. The molecule has 7 heteroatoms. The molecule has 0 heterocycles. The quantitative estimate of drug-likeness (QED) is 0.797. The Hall–Kier alpha value is -2.96. The average Bonchev–Trinajstić information content (AvgIpc) is 2.58. The molecule has 0 bridgehead atoms. The number of para-hydroxylation sites is 1. The van der Waals surface area contributed by atoms with Crippen LogP contribution in [0.2, 0.25) is 0 Å². The van der Waals surface area contributed by atoms with Crippen molar-refractivity contribution in [2.75, 3.05) is 5.32 Å². The lowest BCUT2D eigenvalue weighted by molar-refractivity contribution is -0.159. The second kappa shape index (κ2) is 8.42. The maximum atomic E-state index is 13.6. The number of benzene rings is 2. The third-order valence-electron chi connectivity index (χ3n) is 3.51. The Morgan fingerprint density at radius 3 is 2.23 bits per heavy atom. The summed E-state index contributed by atoms with van der Waals surface area (Å²) in [6, 6.07) is 10.3. The molecule has 0 saturated carbocycles. The van der Waals surface area contributed by atoms with Gasteiger partial charge in [-0.05, 0) is 50.6 Å². The third-order valence-corrected chi connectivity index (χ3v) is 3.51. The van der Waals surface area contributed by atoms with Crippen LogP contribution < -0.4 is 10.1 Å². The summed E-state index contributed by atoms with van der Waals surface area (Å²) in [7, 11) is 0. The van der Waals surface area contributed by atoms with E-state index in [0.29, 0.717) is 5.75 Å². The van der Waals surface area contributed by atoms with Crippen LogP contribution in [0.5, 0.6) is 5.75 Å². The van der Waals surface area contributed by atoms with Crippen LogP contribution in [0.25, 0.3) is 0 Å². The molecule has 0 spiro atoms. The van der Waals surface area contributed by atoms with Gasteiger partial charge in [0.05, 0.1) is 0 Å². The van der Waals surface area contributed by atoms with E-state index in [1.807, 2.05) is 13.0 Å². The Morgan fingerprint density at radius 2 is 1.62 bits per heavy atom. The first-order chi connectivity index (χ1) is 12.3. The third kappa shape index (κ3) is 5.02. The Morgan fingerprint density at radius 1 is 1.00 bits per heavy atom. The second-order valence-electron chi connectivity index (χ2n) is 5.74. The van der Waals surface area contributed by atoms with Crippen molar-refractivity contribution >= 4 is 17.6 Å². The van der Waals surface area contributed by atoms with Gasteiger partial charge < -0.3 is 14.8 Å². The SMILES string of the molecule is Cc1cccc(O[C@H](C)C(=O)O[C@@H](C)C(=O)Nc2c(F)cccc2F)c1. The van der Waals surface area contributed by atoms with E-state index in [-0.39, 0.29) is 0 Å². The number of ether oxygens (including phenoxy) is 2. The highest BCUT2D eigenvalue weighted by Gasteiger charge is 2.24. The summed E-state index contributed by atoms with van der Waals surface area (Å²) in [5, 5.41) is 2.07. The molecular weight excluding hydrogens is 344 g/mol. The van der Waals surface area contributed by atoms with Gasteiger partial charge in [0.1, 0.15) is 23.1 Å². The van der Waals surface area contributed by atoms with Crippen molar-refractivity contribution < 1.29 is 27.8 Å². The van der Waals surface area contributed by atoms with Crippen LogP contribution in [-0.2, 0) is 14.3 Å². The fourth-order valence-electron chi connectivity index (χ4n) is 2.11. The lowest BCUT2D eigenvalue weighted by Crippen LogP contribution is -2.35. The smallest absolute Gasteiger partial charge is 0.347 e. The first kappa shape index (κ1) is 19.4. The van der Waals surface area contributed by atoms with E-state index < -0.39 is 41.4 Å². The second-order valence-corrected chi connectivity index (χ2v) is 5.74. The number of anilines is 1. The predicted octanol–water partition coefficient (Wildman–Crippen LogP) is 3.61. The number of hydrogen-bond donors (Lipinski definition) is 1. The van der Waals surface area contributed by atoms with Gasteiger partial charge in [-0.2, -0.15) is 0 Å². The van der Waals surface area contributed by atoms with Crippen LogP contribution in [0, 0.1) is 18.6 Å². The first-order valence-corrected chi connectivity index (χ1v) is 7.96. The summed E-state index contributed by atoms with van der Waals surface area (Å²) in [5.74, 6) is -2.99. The molecule has 0 fully saturated rings. The van der Waals surface area contributed by atoms with E-state index in [2.05, 4.69) is 5.32 Å². The van der Waals surface area contributed by atoms with Crippen molar-refractivity contribution in [2.24, 2.45) is 0 Å². The minimum absolute atomic E-state index is 0.486. The van der Waals surface area contributed by atoms with E-state index >= 15 is 0 Å². The standard InChI is InChI=1S/C19H19F2NO4/c1-11-6-4-7-14(10-11)25-13(3)19(24)26-12(2)18(23)22-17-15(20)8-5-9-16(17)21/h4-10,12-13H,1-3H3,(H,22,23)/t12-,13+/m0/s1. The van der Waals surface area contributed by atoms with Crippen LogP contribution in [-0.4, -0.2) is 24.1 Å². The lowest BCUT2D eigenvalue weighted by Gasteiger charge is -2.18. The normalized spacial score (nSPS) is 12.8. The number of halogens is 2. The minimum Gasteiger partial charge on any atom is -0.479 e. The summed E-state index contributed by atoms with van der Waals surface area (Å²) in [6.45, 7) is 4.65. The first-order valence-electron chi connectivity index (χ1n) is 7.96. The van der Waals surface area contributed by atoms with Crippen molar-refractivity contribution in [1.29, 1.82) is 0 Å². The van der Waals surface area contributed by atoms with Crippen LogP contribution in [0.4, 0.5) is 14.5 Å². The van der Waals surface area contributed by atoms with Gasteiger partial charge in [-0.3, -0.25) is 4.79 Å². The van der Waals surface area contributed by atoms with Crippen LogP contribution in [0.15, 0.2) is 42.5 Å². The van der Waals surface area contributed by atoms with Crippen molar-refractivity contribution in [3.8, 4) is 5.75 Å². The number of carbonyl (C=O) groups excluding carboxylic acids is 2. The zero-order valence-corrected chi connectivity index (χ0v) is 14.6. The predicted molar refractivity (Wildman–Crippen MR) is 91.8 cm³/mol. The Balaban J connectivity index is 1.94. The maximum absolute atomic E-state index is 13.6. The van der Waals surface area contributed by atoms with Crippen molar-refractivity contribution in [3.05, 3.63) is 59.7 Å². The topological polar surface area (TPSA) is 64.6 Å². The number of aryl methyl sites for hydroxylation is 1. The number of carbonyl (C=O) groups is 2. The molecule has 0 aliphatic heterocycles. The molecule has 0 aliphatic carbocycles.